The van der Waals surface area contributed by atoms with Crippen molar-refractivity contribution in [3.05, 3.63) is 76.8 Å². The molecule has 0 fully saturated rings. The molecule has 0 saturated heterocycles. The van der Waals surface area contributed by atoms with Crippen molar-refractivity contribution >= 4 is 52.6 Å². The molecular formula is C19H17Cl2N3O2. The number of hydrogen-bond donors (Lipinski definition) is 3. The van der Waals surface area contributed by atoms with Crippen LogP contribution in [0.1, 0.15) is 5.56 Å². The van der Waals surface area contributed by atoms with Crippen LogP contribution in [0.15, 0.2) is 61.2 Å². The molecule has 3 N–H and O–H groups in total. The molecule has 0 spiro atoms. The summed E-state index contributed by atoms with van der Waals surface area (Å²) in [4.78, 5) is 23.5. The van der Waals surface area contributed by atoms with Crippen LogP contribution in [0, 0.1) is 0 Å². The first kappa shape index (κ1) is 19.6. The molecule has 0 bridgehead atoms. The number of benzene rings is 2. The predicted octanol–water partition coefficient (Wildman–Crippen LogP) is 4.95. The fraction of sp³-hybridized carbons (Fsp3) is 0.0526. The van der Waals surface area contributed by atoms with Crippen molar-refractivity contribution < 1.29 is 9.59 Å². The first-order chi connectivity index (χ1) is 12.5. The van der Waals surface area contributed by atoms with E-state index in [1.807, 2.05) is 0 Å². The maximum absolute atomic E-state index is 12.0. The summed E-state index contributed by atoms with van der Waals surface area (Å²) < 4.78 is 0. The van der Waals surface area contributed by atoms with E-state index >= 15 is 0 Å². The summed E-state index contributed by atoms with van der Waals surface area (Å²) in [5, 5.41) is 9.02. The van der Waals surface area contributed by atoms with Gasteiger partial charge in [-0.05, 0) is 54.1 Å². The molecule has 5 nitrogen and oxygen atoms in total. The summed E-state index contributed by atoms with van der Waals surface area (Å²) in [6.07, 6.45) is 4.54. The van der Waals surface area contributed by atoms with E-state index in [1.165, 1.54) is 6.08 Å². The first-order valence-electron chi connectivity index (χ1n) is 7.68. The van der Waals surface area contributed by atoms with Gasteiger partial charge in [0.1, 0.15) is 0 Å². The molecule has 0 aliphatic rings. The summed E-state index contributed by atoms with van der Waals surface area (Å²) in [5.41, 5.74) is 1.85. The molecule has 0 aromatic heterocycles. The number of halogens is 2. The number of carbonyl (C=O) groups is 2. The zero-order valence-corrected chi connectivity index (χ0v) is 15.3. The average molecular weight is 390 g/mol. The van der Waals surface area contributed by atoms with Crippen LogP contribution >= 0.6 is 23.2 Å². The Morgan fingerprint density at radius 2 is 1.65 bits per heavy atom. The molecule has 3 amide bonds. The summed E-state index contributed by atoms with van der Waals surface area (Å²) in [6.45, 7) is 3.90. The number of nitrogens with one attached hydrogen (secondary N) is 3. The Hall–Kier alpha value is -2.76. The normalized spacial score (nSPS) is 10.4. The van der Waals surface area contributed by atoms with Gasteiger partial charge in [0, 0.05) is 34.0 Å². The summed E-state index contributed by atoms with van der Waals surface area (Å²) in [5.74, 6) is -0.314. The Labute approximate surface area is 161 Å². The lowest BCUT2D eigenvalue weighted by molar-refractivity contribution is -0.111. The van der Waals surface area contributed by atoms with E-state index in [1.54, 1.807) is 54.6 Å². The van der Waals surface area contributed by atoms with Gasteiger partial charge in [0.15, 0.2) is 0 Å². The van der Waals surface area contributed by atoms with Crippen molar-refractivity contribution in [1.82, 2.24) is 5.32 Å². The third kappa shape index (κ3) is 6.27. The quantitative estimate of drug-likeness (QED) is 0.482. The van der Waals surface area contributed by atoms with Crippen LogP contribution in [-0.2, 0) is 4.79 Å². The Morgan fingerprint density at radius 3 is 2.31 bits per heavy atom. The average Bonchev–Trinajstić information content (AvgIpc) is 2.62. The number of anilines is 2. The second-order valence-corrected chi connectivity index (χ2v) is 6.03. The minimum atomic E-state index is -0.331. The maximum atomic E-state index is 12.0. The molecule has 26 heavy (non-hydrogen) atoms. The Bertz CT molecular complexity index is 833. The van der Waals surface area contributed by atoms with Crippen LogP contribution in [0.2, 0.25) is 10.0 Å². The zero-order chi connectivity index (χ0) is 18.9. The van der Waals surface area contributed by atoms with Gasteiger partial charge in [0.05, 0.1) is 0 Å². The molecular weight excluding hydrogens is 373 g/mol. The Balaban J connectivity index is 1.92. The van der Waals surface area contributed by atoms with Gasteiger partial charge in [0.2, 0.25) is 5.91 Å². The second-order valence-electron chi connectivity index (χ2n) is 5.19. The first-order valence-corrected chi connectivity index (χ1v) is 8.43. The topological polar surface area (TPSA) is 70.2 Å². The molecule has 0 atom stereocenters. The van der Waals surface area contributed by atoms with E-state index in [0.717, 1.165) is 0 Å². The van der Waals surface area contributed by atoms with Crippen LogP contribution in [0.4, 0.5) is 16.2 Å². The SMILES string of the molecule is C=CCNC(=O)Nc1ccc(NC(=O)/C=C/c2cc(Cl)ccc2Cl)cc1. The fourth-order valence-corrected chi connectivity index (χ4v) is 2.33. The highest BCUT2D eigenvalue weighted by Gasteiger charge is 2.03. The van der Waals surface area contributed by atoms with E-state index in [2.05, 4.69) is 22.5 Å². The number of rotatable bonds is 6. The summed E-state index contributed by atoms with van der Waals surface area (Å²) >= 11 is 12.0. The van der Waals surface area contributed by atoms with Crippen LogP contribution in [0.3, 0.4) is 0 Å². The van der Waals surface area contributed by atoms with Crippen molar-refractivity contribution in [2.24, 2.45) is 0 Å². The number of amides is 3. The highest BCUT2D eigenvalue weighted by molar-refractivity contribution is 6.34. The lowest BCUT2D eigenvalue weighted by atomic mass is 10.2. The molecule has 0 aliphatic carbocycles. The van der Waals surface area contributed by atoms with E-state index in [9.17, 15) is 9.59 Å². The smallest absolute Gasteiger partial charge is 0.319 e. The van der Waals surface area contributed by atoms with Gasteiger partial charge < -0.3 is 16.0 Å². The molecule has 0 saturated carbocycles. The molecule has 2 rings (SSSR count). The van der Waals surface area contributed by atoms with Gasteiger partial charge in [-0.3, -0.25) is 4.79 Å². The van der Waals surface area contributed by atoms with Crippen molar-refractivity contribution in [1.29, 1.82) is 0 Å². The highest BCUT2D eigenvalue weighted by atomic mass is 35.5. The lowest BCUT2D eigenvalue weighted by Gasteiger charge is -2.07. The summed E-state index contributed by atoms with van der Waals surface area (Å²) in [6, 6.07) is 11.4. The largest absolute Gasteiger partial charge is 0.334 e. The number of hydrogen-bond acceptors (Lipinski definition) is 2. The van der Waals surface area contributed by atoms with Crippen LogP contribution < -0.4 is 16.0 Å². The van der Waals surface area contributed by atoms with E-state index < -0.39 is 0 Å². The third-order valence-corrected chi connectivity index (χ3v) is 3.77. The van der Waals surface area contributed by atoms with Crippen molar-refractivity contribution in [3.63, 3.8) is 0 Å². The Morgan fingerprint density at radius 1 is 1.00 bits per heavy atom. The van der Waals surface area contributed by atoms with Crippen molar-refractivity contribution in [2.45, 2.75) is 0 Å². The standard InChI is InChI=1S/C19H17Cl2N3O2/c1-2-11-22-19(26)24-16-7-5-15(6-8-16)23-18(25)10-3-13-12-14(20)4-9-17(13)21/h2-10,12H,1,11H2,(H,23,25)(H2,22,24,26)/b10-3+. The van der Waals surface area contributed by atoms with E-state index in [0.29, 0.717) is 33.5 Å². The molecule has 2 aromatic rings. The van der Waals surface area contributed by atoms with Crippen molar-refractivity contribution in [2.75, 3.05) is 17.2 Å². The highest BCUT2D eigenvalue weighted by Crippen LogP contribution is 2.22. The number of carbonyl (C=O) groups excluding carboxylic acids is 2. The molecule has 0 aliphatic heterocycles. The summed E-state index contributed by atoms with van der Waals surface area (Å²) in [7, 11) is 0. The lowest BCUT2D eigenvalue weighted by Crippen LogP contribution is -2.28. The minimum absolute atomic E-state index is 0.314. The Kier molecular flexibility index (Phi) is 7.26. The number of urea groups is 1. The van der Waals surface area contributed by atoms with E-state index in [-0.39, 0.29) is 11.9 Å². The second kappa shape index (κ2) is 9.65. The fourth-order valence-electron chi connectivity index (χ4n) is 1.97. The van der Waals surface area contributed by atoms with Gasteiger partial charge in [-0.25, -0.2) is 4.79 Å². The van der Waals surface area contributed by atoms with Crippen molar-refractivity contribution in [3.8, 4) is 0 Å². The van der Waals surface area contributed by atoms with Crippen LogP contribution in [0.25, 0.3) is 6.08 Å². The minimum Gasteiger partial charge on any atom is -0.334 e. The zero-order valence-electron chi connectivity index (χ0n) is 13.8. The molecule has 0 unspecified atom stereocenters. The molecule has 0 heterocycles. The maximum Gasteiger partial charge on any atom is 0.319 e. The molecule has 2 aromatic carbocycles. The third-order valence-electron chi connectivity index (χ3n) is 3.19. The van der Waals surface area contributed by atoms with Gasteiger partial charge >= 0.3 is 6.03 Å². The molecule has 0 radical (unpaired) electrons. The predicted molar refractivity (Wildman–Crippen MR) is 108 cm³/mol. The van der Waals surface area contributed by atoms with Gasteiger partial charge in [-0.2, -0.15) is 0 Å². The van der Waals surface area contributed by atoms with Crippen LogP contribution in [-0.4, -0.2) is 18.5 Å². The van der Waals surface area contributed by atoms with E-state index in [4.69, 9.17) is 23.2 Å². The van der Waals surface area contributed by atoms with Gasteiger partial charge in [-0.1, -0.05) is 29.3 Å². The van der Waals surface area contributed by atoms with Crippen LogP contribution in [0.5, 0.6) is 0 Å². The van der Waals surface area contributed by atoms with Gasteiger partial charge in [-0.15, -0.1) is 6.58 Å². The monoisotopic (exact) mass is 389 g/mol. The van der Waals surface area contributed by atoms with Gasteiger partial charge in [0.25, 0.3) is 0 Å². The molecule has 7 heteroatoms. The molecule has 134 valence electrons.